The van der Waals surface area contributed by atoms with Crippen molar-refractivity contribution in [3.8, 4) is 0 Å². The van der Waals surface area contributed by atoms with Gasteiger partial charge in [0.1, 0.15) is 5.69 Å². The highest BCUT2D eigenvalue weighted by molar-refractivity contribution is 7.89. The number of carboxylic acid groups (broad SMARTS) is 1. The number of rotatable bonds is 4. The van der Waals surface area contributed by atoms with Crippen molar-refractivity contribution in [2.24, 2.45) is 0 Å². The minimum atomic E-state index is -3.46. The number of hydrogen-bond acceptors (Lipinski definition) is 5. The zero-order chi connectivity index (χ0) is 16.4. The third-order valence-electron chi connectivity index (χ3n) is 3.60. The molecule has 6 nitrogen and oxygen atoms in total. The first-order chi connectivity index (χ1) is 11.0. The Balaban J connectivity index is 1.81. The lowest BCUT2D eigenvalue weighted by molar-refractivity contribution is 0.0690. The van der Waals surface area contributed by atoms with Crippen molar-refractivity contribution in [1.82, 2.24) is 9.29 Å². The molecule has 0 aromatic carbocycles. The monoisotopic (exact) mass is 350 g/mol. The number of pyridine rings is 1. The van der Waals surface area contributed by atoms with Crippen LogP contribution in [0, 0.1) is 0 Å². The molecule has 0 aliphatic carbocycles. The summed E-state index contributed by atoms with van der Waals surface area (Å²) in [6.07, 6.45) is 2.29. The van der Waals surface area contributed by atoms with E-state index in [0.29, 0.717) is 23.6 Å². The Labute approximate surface area is 137 Å². The summed E-state index contributed by atoms with van der Waals surface area (Å²) in [5.74, 6) is -1.08. The van der Waals surface area contributed by atoms with E-state index in [1.54, 1.807) is 35.0 Å². The van der Waals surface area contributed by atoms with Crippen LogP contribution in [-0.4, -0.2) is 41.9 Å². The molecular weight excluding hydrogens is 336 g/mol. The second-order valence-corrected chi connectivity index (χ2v) is 7.73. The normalized spacial score (nSPS) is 16.1. The van der Waals surface area contributed by atoms with Gasteiger partial charge in [0, 0.05) is 18.5 Å². The average molecular weight is 350 g/mol. The molecule has 23 heavy (non-hydrogen) atoms. The molecule has 0 unspecified atom stereocenters. The molecule has 0 saturated heterocycles. The third-order valence-corrected chi connectivity index (χ3v) is 6.30. The molecule has 120 valence electrons. The van der Waals surface area contributed by atoms with E-state index in [1.165, 1.54) is 21.7 Å². The van der Waals surface area contributed by atoms with Gasteiger partial charge in [-0.05, 0) is 35.6 Å². The van der Waals surface area contributed by atoms with Gasteiger partial charge in [-0.2, -0.15) is 15.6 Å². The van der Waals surface area contributed by atoms with Crippen LogP contribution >= 0.6 is 11.3 Å². The van der Waals surface area contributed by atoms with Gasteiger partial charge in [-0.15, -0.1) is 0 Å². The maximum atomic E-state index is 12.4. The molecule has 1 aliphatic heterocycles. The van der Waals surface area contributed by atoms with Crippen LogP contribution in [0.1, 0.15) is 22.6 Å². The molecule has 3 heterocycles. The fourth-order valence-electron chi connectivity index (χ4n) is 2.38. The van der Waals surface area contributed by atoms with Gasteiger partial charge < -0.3 is 5.11 Å². The fourth-order valence-corrected chi connectivity index (χ4v) is 4.78. The molecular formula is C15H14N2O4S2. The number of nitrogens with zero attached hydrogens (tertiary/aromatic N) is 2. The summed E-state index contributed by atoms with van der Waals surface area (Å²) in [4.78, 5) is 15.4. The molecule has 0 radical (unpaired) electrons. The lowest BCUT2D eigenvalue weighted by atomic mass is 10.1. The minimum Gasteiger partial charge on any atom is -0.477 e. The van der Waals surface area contributed by atoms with E-state index in [1.807, 2.05) is 0 Å². The molecule has 3 rings (SSSR count). The summed E-state index contributed by atoms with van der Waals surface area (Å²) in [6, 6.07) is 6.40. The number of aromatic carboxylic acids is 1. The van der Waals surface area contributed by atoms with Gasteiger partial charge in [0.2, 0.25) is 10.0 Å². The van der Waals surface area contributed by atoms with Crippen molar-refractivity contribution in [2.75, 3.05) is 13.1 Å². The number of aromatic nitrogens is 1. The van der Waals surface area contributed by atoms with E-state index in [2.05, 4.69) is 4.98 Å². The lowest BCUT2D eigenvalue weighted by Crippen LogP contribution is -2.34. The summed E-state index contributed by atoms with van der Waals surface area (Å²) in [6.45, 7) is 0.607. The third kappa shape index (κ3) is 3.19. The standard InChI is InChI=1S/C15H14N2O4S2/c18-15(19)14-3-1-2-13(16-14)11-4-7-17(8-5-11)23(20,21)12-6-9-22-10-12/h1-4,6,9-10H,5,7-8H2,(H,18,19). The maximum Gasteiger partial charge on any atom is 0.354 e. The van der Waals surface area contributed by atoms with Crippen LogP contribution in [-0.2, 0) is 10.0 Å². The minimum absolute atomic E-state index is 0.0169. The number of thiophene rings is 1. The molecule has 0 saturated carbocycles. The van der Waals surface area contributed by atoms with Crippen molar-refractivity contribution in [3.63, 3.8) is 0 Å². The number of hydrogen-bond donors (Lipinski definition) is 1. The molecule has 0 fully saturated rings. The first-order valence-corrected chi connectivity index (χ1v) is 9.29. The molecule has 2 aromatic rings. The van der Waals surface area contributed by atoms with Crippen molar-refractivity contribution in [2.45, 2.75) is 11.3 Å². The van der Waals surface area contributed by atoms with E-state index in [4.69, 9.17) is 5.11 Å². The SMILES string of the molecule is O=C(O)c1cccc(C2=CCN(S(=O)(=O)c3ccsc3)CC2)n1. The summed E-state index contributed by atoms with van der Waals surface area (Å²) in [7, 11) is -3.46. The maximum absolute atomic E-state index is 12.4. The number of carboxylic acids is 1. The van der Waals surface area contributed by atoms with E-state index < -0.39 is 16.0 Å². The topological polar surface area (TPSA) is 87.6 Å². The predicted octanol–water partition coefficient (Wildman–Crippen LogP) is 2.32. The second kappa shape index (κ2) is 6.23. The Hall–Kier alpha value is -2.03. The smallest absolute Gasteiger partial charge is 0.354 e. The van der Waals surface area contributed by atoms with Gasteiger partial charge >= 0.3 is 5.97 Å². The summed E-state index contributed by atoms with van der Waals surface area (Å²) in [5.41, 5.74) is 1.43. The lowest BCUT2D eigenvalue weighted by Gasteiger charge is -2.25. The molecule has 0 atom stereocenters. The van der Waals surface area contributed by atoms with Crippen LogP contribution in [0.25, 0.3) is 5.57 Å². The van der Waals surface area contributed by atoms with Gasteiger partial charge in [-0.3, -0.25) is 0 Å². The van der Waals surface area contributed by atoms with Crippen LogP contribution in [0.3, 0.4) is 0 Å². The first-order valence-electron chi connectivity index (χ1n) is 6.90. The quantitative estimate of drug-likeness (QED) is 0.914. The van der Waals surface area contributed by atoms with Crippen LogP contribution in [0.2, 0.25) is 0 Å². The Kier molecular flexibility index (Phi) is 4.29. The predicted molar refractivity (Wildman–Crippen MR) is 86.9 cm³/mol. The van der Waals surface area contributed by atoms with Gasteiger partial charge in [-0.25, -0.2) is 18.2 Å². The van der Waals surface area contributed by atoms with Gasteiger partial charge in [0.25, 0.3) is 0 Å². The molecule has 1 N–H and O–H groups in total. The largest absolute Gasteiger partial charge is 0.477 e. The van der Waals surface area contributed by atoms with Crippen LogP contribution in [0.5, 0.6) is 0 Å². The average Bonchev–Trinajstić information content (AvgIpc) is 3.10. The van der Waals surface area contributed by atoms with E-state index >= 15 is 0 Å². The first kappa shape index (κ1) is 15.9. The Morgan fingerprint density at radius 3 is 2.74 bits per heavy atom. The van der Waals surface area contributed by atoms with Gasteiger partial charge in [0.15, 0.2) is 0 Å². The number of sulfonamides is 1. The zero-order valence-electron chi connectivity index (χ0n) is 12.0. The molecule has 1 aliphatic rings. The summed E-state index contributed by atoms with van der Waals surface area (Å²) >= 11 is 1.35. The Morgan fingerprint density at radius 1 is 1.30 bits per heavy atom. The molecule has 8 heteroatoms. The van der Waals surface area contributed by atoms with Crippen molar-refractivity contribution < 1.29 is 18.3 Å². The Morgan fingerprint density at radius 2 is 2.13 bits per heavy atom. The van der Waals surface area contributed by atoms with E-state index in [-0.39, 0.29) is 12.2 Å². The van der Waals surface area contributed by atoms with Gasteiger partial charge in [-0.1, -0.05) is 12.1 Å². The summed E-state index contributed by atoms with van der Waals surface area (Å²) in [5, 5.41) is 12.3. The van der Waals surface area contributed by atoms with Crippen LogP contribution in [0.4, 0.5) is 0 Å². The van der Waals surface area contributed by atoms with E-state index in [9.17, 15) is 13.2 Å². The molecule has 0 amide bonds. The van der Waals surface area contributed by atoms with Crippen LogP contribution in [0.15, 0.2) is 46.0 Å². The molecule has 0 bridgehead atoms. The van der Waals surface area contributed by atoms with Crippen molar-refractivity contribution in [3.05, 3.63) is 52.5 Å². The molecule has 0 spiro atoms. The van der Waals surface area contributed by atoms with Gasteiger partial charge in [0.05, 0.1) is 10.6 Å². The molecule has 2 aromatic heterocycles. The number of carbonyl (C=O) groups is 1. The van der Waals surface area contributed by atoms with Crippen molar-refractivity contribution >= 4 is 32.9 Å². The highest BCUT2D eigenvalue weighted by atomic mass is 32.2. The van der Waals surface area contributed by atoms with Crippen LogP contribution < -0.4 is 0 Å². The van der Waals surface area contributed by atoms with Crippen molar-refractivity contribution in [1.29, 1.82) is 0 Å². The second-order valence-electron chi connectivity index (χ2n) is 5.01. The Bertz CT molecular complexity index is 857. The fraction of sp³-hybridized carbons (Fsp3) is 0.200. The highest BCUT2D eigenvalue weighted by Crippen LogP contribution is 2.26. The summed E-state index contributed by atoms with van der Waals surface area (Å²) < 4.78 is 26.3. The zero-order valence-corrected chi connectivity index (χ0v) is 13.7. The highest BCUT2D eigenvalue weighted by Gasteiger charge is 2.27. The van der Waals surface area contributed by atoms with E-state index in [0.717, 1.165) is 5.57 Å².